The number of nitrogen functional groups attached to an aromatic ring is 1. The fraction of sp³-hybridized carbons (Fsp3) is 0.0909. The van der Waals surface area contributed by atoms with Crippen LogP contribution in [0.15, 0.2) is 34.7 Å². The van der Waals surface area contributed by atoms with Gasteiger partial charge in [-0.1, -0.05) is 0 Å². The highest BCUT2D eigenvalue weighted by Gasteiger charge is 2.08. The molecule has 2 N–H and O–H groups in total. The van der Waals surface area contributed by atoms with Gasteiger partial charge in [-0.25, -0.2) is 4.39 Å². The monoisotopic (exact) mass is 191 g/mol. The summed E-state index contributed by atoms with van der Waals surface area (Å²) in [6, 6.07) is 7.94. The van der Waals surface area contributed by atoms with Gasteiger partial charge >= 0.3 is 0 Å². The SMILES string of the molecule is Cc1ccc(-c2cc(N)ccc2F)o1. The normalized spacial score (nSPS) is 10.4. The highest BCUT2D eigenvalue weighted by Crippen LogP contribution is 2.26. The first-order chi connectivity index (χ1) is 6.66. The first kappa shape index (κ1) is 8.81. The minimum atomic E-state index is -0.325. The van der Waals surface area contributed by atoms with E-state index in [-0.39, 0.29) is 5.82 Å². The van der Waals surface area contributed by atoms with Crippen molar-refractivity contribution in [3.05, 3.63) is 41.9 Å². The molecule has 0 bridgehead atoms. The molecule has 2 rings (SSSR count). The number of rotatable bonds is 1. The molecule has 0 saturated carbocycles. The maximum absolute atomic E-state index is 13.3. The lowest BCUT2D eigenvalue weighted by Crippen LogP contribution is -1.88. The molecule has 1 heterocycles. The van der Waals surface area contributed by atoms with Crippen molar-refractivity contribution in [2.75, 3.05) is 5.73 Å². The molecule has 0 unspecified atom stereocenters. The number of hydrogen-bond donors (Lipinski definition) is 1. The molecule has 2 nitrogen and oxygen atoms in total. The van der Waals surface area contributed by atoms with Crippen LogP contribution in [0.2, 0.25) is 0 Å². The van der Waals surface area contributed by atoms with Crippen molar-refractivity contribution in [2.45, 2.75) is 6.92 Å². The second kappa shape index (κ2) is 3.18. The lowest BCUT2D eigenvalue weighted by molar-refractivity contribution is 0.541. The molecule has 3 heteroatoms. The van der Waals surface area contributed by atoms with Crippen LogP contribution < -0.4 is 5.73 Å². The number of furan rings is 1. The molecule has 1 aromatic heterocycles. The van der Waals surface area contributed by atoms with Crippen molar-refractivity contribution in [3.63, 3.8) is 0 Å². The van der Waals surface area contributed by atoms with E-state index in [2.05, 4.69) is 0 Å². The fourth-order valence-corrected chi connectivity index (χ4v) is 1.31. The Hall–Kier alpha value is -1.77. The van der Waals surface area contributed by atoms with Gasteiger partial charge in [0.15, 0.2) is 0 Å². The van der Waals surface area contributed by atoms with Gasteiger partial charge in [0.1, 0.15) is 17.3 Å². The van der Waals surface area contributed by atoms with E-state index >= 15 is 0 Å². The third-order valence-electron chi connectivity index (χ3n) is 2.00. The number of nitrogens with two attached hydrogens (primary N) is 1. The zero-order valence-corrected chi connectivity index (χ0v) is 7.75. The Bertz CT molecular complexity index is 462. The molecular formula is C11H10FNO. The molecule has 14 heavy (non-hydrogen) atoms. The summed E-state index contributed by atoms with van der Waals surface area (Å²) >= 11 is 0. The van der Waals surface area contributed by atoms with E-state index in [1.54, 1.807) is 18.2 Å². The van der Waals surface area contributed by atoms with Crippen LogP contribution in [0.5, 0.6) is 0 Å². The summed E-state index contributed by atoms with van der Waals surface area (Å²) < 4.78 is 18.7. The summed E-state index contributed by atoms with van der Waals surface area (Å²) in [6.45, 7) is 1.81. The molecular weight excluding hydrogens is 181 g/mol. The van der Waals surface area contributed by atoms with E-state index in [0.29, 0.717) is 17.0 Å². The molecule has 0 radical (unpaired) electrons. The molecule has 1 aromatic carbocycles. The van der Waals surface area contributed by atoms with Crippen LogP contribution in [-0.2, 0) is 0 Å². The van der Waals surface area contributed by atoms with Crippen molar-refractivity contribution in [2.24, 2.45) is 0 Å². The van der Waals surface area contributed by atoms with Gasteiger partial charge in [0.2, 0.25) is 0 Å². The van der Waals surface area contributed by atoms with Crippen molar-refractivity contribution in [1.29, 1.82) is 0 Å². The molecule has 72 valence electrons. The third kappa shape index (κ3) is 1.48. The van der Waals surface area contributed by atoms with Crippen molar-refractivity contribution >= 4 is 5.69 Å². The van der Waals surface area contributed by atoms with Crippen LogP contribution in [0, 0.1) is 12.7 Å². The highest BCUT2D eigenvalue weighted by atomic mass is 19.1. The van der Waals surface area contributed by atoms with Gasteiger partial charge in [0.05, 0.1) is 5.56 Å². The Balaban J connectivity index is 2.55. The Labute approximate surface area is 81.2 Å². The van der Waals surface area contributed by atoms with Crippen LogP contribution in [0.4, 0.5) is 10.1 Å². The van der Waals surface area contributed by atoms with E-state index in [4.69, 9.17) is 10.2 Å². The number of hydrogen-bond acceptors (Lipinski definition) is 2. The van der Waals surface area contributed by atoms with Gasteiger partial charge in [-0.05, 0) is 37.3 Å². The second-order valence-electron chi connectivity index (χ2n) is 3.15. The molecule has 0 aliphatic carbocycles. The Kier molecular flexibility index (Phi) is 2.00. The Morgan fingerprint density at radius 2 is 2.00 bits per heavy atom. The zero-order valence-electron chi connectivity index (χ0n) is 7.75. The van der Waals surface area contributed by atoms with Gasteiger partial charge in [0.25, 0.3) is 0 Å². The molecule has 0 atom stereocenters. The summed E-state index contributed by atoms with van der Waals surface area (Å²) in [6.07, 6.45) is 0. The third-order valence-corrected chi connectivity index (χ3v) is 2.00. The van der Waals surface area contributed by atoms with Gasteiger partial charge < -0.3 is 10.2 Å². The van der Waals surface area contributed by atoms with Crippen molar-refractivity contribution in [1.82, 2.24) is 0 Å². The number of anilines is 1. The molecule has 0 aliphatic heterocycles. The predicted octanol–water partition coefficient (Wildman–Crippen LogP) is 2.98. The standard InChI is InChI=1S/C11H10FNO/c1-7-2-5-11(14-7)9-6-8(13)3-4-10(9)12/h2-6H,13H2,1H3. The van der Waals surface area contributed by atoms with E-state index < -0.39 is 0 Å². The molecule has 0 fully saturated rings. The number of aryl methyl sites for hydroxylation is 1. The van der Waals surface area contributed by atoms with Gasteiger partial charge in [-0.2, -0.15) is 0 Å². The Morgan fingerprint density at radius 3 is 2.64 bits per heavy atom. The lowest BCUT2D eigenvalue weighted by atomic mass is 10.1. The Morgan fingerprint density at radius 1 is 1.21 bits per heavy atom. The van der Waals surface area contributed by atoms with Crippen LogP contribution in [0.3, 0.4) is 0 Å². The van der Waals surface area contributed by atoms with Crippen molar-refractivity contribution < 1.29 is 8.81 Å². The topological polar surface area (TPSA) is 39.2 Å². The van der Waals surface area contributed by atoms with E-state index in [9.17, 15) is 4.39 Å². The average Bonchev–Trinajstić information content (AvgIpc) is 2.56. The molecule has 0 amide bonds. The maximum atomic E-state index is 13.3. The average molecular weight is 191 g/mol. The van der Waals surface area contributed by atoms with E-state index in [0.717, 1.165) is 5.76 Å². The smallest absolute Gasteiger partial charge is 0.137 e. The molecule has 0 spiro atoms. The van der Waals surface area contributed by atoms with Crippen LogP contribution in [-0.4, -0.2) is 0 Å². The fourth-order valence-electron chi connectivity index (χ4n) is 1.31. The minimum Gasteiger partial charge on any atom is -0.461 e. The molecule has 0 saturated heterocycles. The molecule has 2 aromatic rings. The summed E-state index contributed by atoms with van der Waals surface area (Å²) in [5.74, 6) is 0.933. The summed E-state index contributed by atoms with van der Waals surface area (Å²) in [5.41, 5.74) is 6.49. The predicted molar refractivity (Wildman–Crippen MR) is 53.3 cm³/mol. The summed E-state index contributed by atoms with van der Waals surface area (Å²) in [4.78, 5) is 0. The van der Waals surface area contributed by atoms with Gasteiger partial charge in [-0.3, -0.25) is 0 Å². The summed E-state index contributed by atoms with van der Waals surface area (Å²) in [7, 11) is 0. The van der Waals surface area contributed by atoms with Crippen LogP contribution >= 0.6 is 0 Å². The lowest BCUT2D eigenvalue weighted by Gasteiger charge is -2.00. The van der Waals surface area contributed by atoms with E-state index in [1.807, 2.05) is 6.92 Å². The largest absolute Gasteiger partial charge is 0.461 e. The van der Waals surface area contributed by atoms with Gasteiger partial charge in [-0.15, -0.1) is 0 Å². The number of halogens is 1. The zero-order chi connectivity index (χ0) is 10.1. The van der Waals surface area contributed by atoms with Crippen molar-refractivity contribution in [3.8, 4) is 11.3 Å². The minimum absolute atomic E-state index is 0.325. The summed E-state index contributed by atoms with van der Waals surface area (Å²) in [5, 5.41) is 0. The molecule has 0 aliphatic rings. The van der Waals surface area contributed by atoms with Crippen LogP contribution in [0.25, 0.3) is 11.3 Å². The number of benzene rings is 1. The first-order valence-corrected chi connectivity index (χ1v) is 4.28. The second-order valence-corrected chi connectivity index (χ2v) is 3.15. The maximum Gasteiger partial charge on any atom is 0.137 e. The highest BCUT2D eigenvalue weighted by molar-refractivity contribution is 5.63. The van der Waals surface area contributed by atoms with E-state index in [1.165, 1.54) is 12.1 Å². The first-order valence-electron chi connectivity index (χ1n) is 4.28. The van der Waals surface area contributed by atoms with Crippen LogP contribution in [0.1, 0.15) is 5.76 Å². The van der Waals surface area contributed by atoms with Gasteiger partial charge in [0, 0.05) is 5.69 Å². The quantitative estimate of drug-likeness (QED) is 0.704.